The van der Waals surface area contributed by atoms with Crippen molar-refractivity contribution in [2.45, 2.75) is 31.7 Å². The molecule has 1 aromatic carbocycles. The largest absolute Gasteiger partial charge is 0.502 e. The van der Waals surface area contributed by atoms with Crippen molar-refractivity contribution in [3.8, 4) is 11.8 Å². The Bertz CT molecular complexity index is 813. The number of aryl methyl sites for hydroxylation is 1. The average Bonchev–Trinajstić information content (AvgIpc) is 2.61. The first-order chi connectivity index (χ1) is 11.5. The molecule has 5 nitrogen and oxygen atoms in total. The highest BCUT2D eigenvalue weighted by molar-refractivity contribution is 5.33. The number of likely N-dealkylation sites (tertiary alicyclic amines) is 1. The van der Waals surface area contributed by atoms with Gasteiger partial charge in [-0.05, 0) is 25.3 Å². The maximum atomic E-state index is 11.7. The highest BCUT2D eigenvalue weighted by Crippen LogP contribution is 2.35. The molecule has 2 aromatic rings. The first-order valence-corrected chi connectivity index (χ1v) is 8.06. The lowest BCUT2D eigenvalue weighted by Crippen LogP contribution is -2.41. The number of nitriles is 1. The topological polar surface area (TPSA) is 77.5 Å². The summed E-state index contributed by atoms with van der Waals surface area (Å²) in [6, 6.07) is 13.7. The molecule has 1 fully saturated rings. The monoisotopic (exact) mass is 324 g/mol. The van der Waals surface area contributed by atoms with Crippen LogP contribution in [0, 0.1) is 18.3 Å². The van der Waals surface area contributed by atoms with Crippen LogP contribution in [0.25, 0.3) is 0 Å². The molecule has 1 aliphatic rings. The summed E-state index contributed by atoms with van der Waals surface area (Å²) in [4.78, 5) is 13.8. The summed E-state index contributed by atoms with van der Waals surface area (Å²) in [6.07, 6.45) is 1.43. The van der Waals surface area contributed by atoms with Gasteiger partial charge in [0.05, 0.1) is 18.0 Å². The minimum Gasteiger partial charge on any atom is -0.502 e. The van der Waals surface area contributed by atoms with Gasteiger partial charge < -0.3 is 9.52 Å². The van der Waals surface area contributed by atoms with Crippen LogP contribution in [0.3, 0.4) is 0 Å². The predicted octanol–water partition coefficient (Wildman–Crippen LogP) is 2.71. The zero-order chi connectivity index (χ0) is 17.2. The van der Waals surface area contributed by atoms with Crippen molar-refractivity contribution in [1.82, 2.24) is 4.90 Å². The van der Waals surface area contributed by atoms with Crippen LogP contribution >= 0.6 is 0 Å². The molecule has 3 rings (SSSR count). The number of nitrogens with zero attached hydrogens (tertiary/aromatic N) is 2. The molecular formula is C19H20N2O3. The van der Waals surface area contributed by atoms with Gasteiger partial charge in [-0.15, -0.1) is 0 Å². The molecular weight excluding hydrogens is 304 g/mol. The average molecular weight is 324 g/mol. The van der Waals surface area contributed by atoms with Gasteiger partial charge in [0, 0.05) is 19.2 Å². The summed E-state index contributed by atoms with van der Waals surface area (Å²) in [5.74, 6) is 0.463. The van der Waals surface area contributed by atoms with E-state index >= 15 is 0 Å². The van der Waals surface area contributed by atoms with E-state index < -0.39 is 10.8 Å². The fourth-order valence-corrected chi connectivity index (χ4v) is 3.29. The molecule has 0 atom stereocenters. The minimum atomic E-state index is -0.465. The Morgan fingerprint density at radius 2 is 1.96 bits per heavy atom. The third-order valence-corrected chi connectivity index (χ3v) is 4.73. The number of rotatable bonds is 3. The van der Waals surface area contributed by atoms with Gasteiger partial charge >= 0.3 is 0 Å². The van der Waals surface area contributed by atoms with Gasteiger partial charge in [-0.25, -0.2) is 0 Å². The van der Waals surface area contributed by atoms with E-state index in [0.717, 1.165) is 5.56 Å². The second kappa shape index (κ2) is 6.50. The van der Waals surface area contributed by atoms with Crippen molar-refractivity contribution >= 4 is 0 Å². The van der Waals surface area contributed by atoms with Crippen molar-refractivity contribution in [3.63, 3.8) is 0 Å². The highest BCUT2D eigenvalue weighted by Gasteiger charge is 2.36. The number of hydrogen-bond acceptors (Lipinski definition) is 5. The summed E-state index contributed by atoms with van der Waals surface area (Å²) >= 11 is 0. The summed E-state index contributed by atoms with van der Waals surface area (Å²) in [6.45, 7) is 3.48. The third-order valence-electron chi connectivity index (χ3n) is 4.73. The smallest absolute Gasteiger partial charge is 0.227 e. The summed E-state index contributed by atoms with van der Waals surface area (Å²) in [5, 5.41) is 19.6. The predicted molar refractivity (Wildman–Crippen MR) is 89.6 cm³/mol. The zero-order valence-electron chi connectivity index (χ0n) is 13.7. The SMILES string of the molecule is Cc1cc(=O)c(O)c(CN2CCC(C#N)(c3ccccc3)CC2)o1. The fraction of sp³-hybridized carbons (Fsp3) is 0.368. The van der Waals surface area contributed by atoms with Crippen LogP contribution in [0.15, 0.2) is 45.6 Å². The molecule has 24 heavy (non-hydrogen) atoms. The quantitative estimate of drug-likeness (QED) is 0.939. The van der Waals surface area contributed by atoms with E-state index in [1.54, 1.807) is 6.92 Å². The van der Waals surface area contributed by atoms with E-state index in [1.807, 2.05) is 30.3 Å². The fourth-order valence-electron chi connectivity index (χ4n) is 3.29. The van der Waals surface area contributed by atoms with Crippen LogP contribution in [-0.4, -0.2) is 23.1 Å². The van der Waals surface area contributed by atoms with Crippen molar-refractivity contribution < 1.29 is 9.52 Å². The lowest BCUT2D eigenvalue weighted by Gasteiger charge is -2.37. The Morgan fingerprint density at radius 1 is 1.29 bits per heavy atom. The molecule has 0 unspecified atom stereocenters. The van der Waals surface area contributed by atoms with E-state index in [4.69, 9.17) is 4.42 Å². The Morgan fingerprint density at radius 3 is 2.58 bits per heavy atom. The van der Waals surface area contributed by atoms with Crippen LogP contribution in [0.5, 0.6) is 5.75 Å². The molecule has 0 radical (unpaired) electrons. The molecule has 0 bridgehead atoms. The van der Waals surface area contributed by atoms with E-state index in [9.17, 15) is 15.2 Å². The highest BCUT2D eigenvalue weighted by atomic mass is 16.4. The van der Waals surface area contributed by atoms with E-state index in [1.165, 1.54) is 6.07 Å². The van der Waals surface area contributed by atoms with Crippen LogP contribution in [0.2, 0.25) is 0 Å². The van der Waals surface area contributed by atoms with E-state index in [-0.39, 0.29) is 5.75 Å². The second-order valence-corrected chi connectivity index (χ2v) is 6.33. The number of piperidine rings is 1. The van der Waals surface area contributed by atoms with Gasteiger partial charge in [0.1, 0.15) is 5.76 Å². The van der Waals surface area contributed by atoms with Crippen molar-refractivity contribution in [2.75, 3.05) is 13.1 Å². The van der Waals surface area contributed by atoms with Gasteiger partial charge in [0.25, 0.3) is 0 Å². The molecule has 0 aliphatic carbocycles. The van der Waals surface area contributed by atoms with E-state index in [0.29, 0.717) is 44.0 Å². The van der Waals surface area contributed by atoms with Crippen LogP contribution in [0.4, 0.5) is 0 Å². The van der Waals surface area contributed by atoms with Gasteiger partial charge in [-0.1, -0.05) is 30.3 Å². The maximum absolute atomic E-state index is 11.7. The molecule has 2 heterocycles. The van der Waals surface area contributed by atoms with Gasteiger partial charge in [-0.3, -0.25) is 9.69 Å². The molecule has 1 aromatic heterocycles. The molecule has 0 spiro atoms. The molecule has 124 valence electrons. The Balaban J connectivity index is 1.74. The first-order valence-electron chi connectivity index (χ1n) is 8.06. The molecule has 1 saturated heterocycles. The number of aromatic hydroxyl groups is 1. The molecule has 0 saturated carbocycles. The standard InChI is InChI=1S/C19H20N2O3/c1-14-11-16(22)18(23)17(24-14)12-21-9-7-19(13-20,8-10-21)15-5-3-2-4-6-15/h2-6,11,23H,7-10,12H2,1H3. The van der Waals surface area contributed by atoms with Gasteiger partial charge in [0.2, 0.25) is 11.2 Å². The maximum Gasteiger partial charge on any atom is 0.227 e. The van der Waals surface area contributed by atoms with Crippen LogP contribution in [-0.2, 0) is 12.0 Å². The lowest BCUT2D eigenvalue weighted by atomic mass is 9.74. The second-order valence-electron chi connectivity index (χ2n) is 6.33. The molecule has 1 aliphatic heterocycles. The minimum absolute atomic E-state index is 0.296. The summed E-state index contributed by atoms with van der Waals surface area (Å²) < 4.78 is 5.50. The van der Waals surface area contributed by atoms with Crippen LogP contribution < -0.4 is 5.43 Å². The van der Waals surface area contributed by atoms with Crippen LogP contribution in [0.1, 0.15) is 29.9 Å². The van der Waals surface area contributed by atoms with Crippen molar-refractivity contribution in [1.29, 1.82) is 5.26 Å². The number of hydrogen-bond donors (Lipinski definition) is 1. The Hall–Kier alpha value is -2.58. The first kappa shape index (κ1) is 16.3. The molecule has 0 amide bonds. The Kier molecular flexibility index (Phi) is 4.41. The summed E-state index contributed by atoms with van der Waals surface area (Å²) in [5.41, 5.74) is 0.172. The Labute approximate surface area is 140 Å². The van der Waals surface area contributed by atoms with Crippen molar-refractivity contribution in [3.05, 3.63) is 63.7 Å². The third kappa shape index (κ3) is 3.06. The summed E-state index contributed by atoms with van der Waals surface area (Å²) in [7, 11) is 0. The lowest BCUT2D eigenvalue weighted by molar-refractivity contribution is 0.163. The van der Waals surface area contributed by atoms with E-state index in [2.05, 4.69) is 11.0 Å². The van der Waals surface area contributed by atoms with Crippen molar-refractivity contribution in [2.24, 2.45) is 0 Å². The zero-order valence-corrected chi connectivity index (χ0v) is 13.7. The number of benzene rings is 1. The normalized spacial score (nSPS) is 17.3. The van der Waals surface area contributed by atoms with Gasteiger partial charge in [0.15, 0.2) is 5.76 Å². The molecule has 5 heteroatoms. The van der Waals surface area contributed by atoms with Gasteiger partial charge in [-0.2, -0.15) is 5.26 Å². The molecule has 1 N–H and O–H groups in total.